The second kappa shape index (κ2) is 5.24. The number of hydrogen-bond acceptors (Lipinski definition) is 3. The third-order valence-corrected chi connectivity index (χ3v) is 2.14. The van der Waals surface area contributed by atoms with Gasteiger partial charge in [0.05, 0.1) is 6.42 Å². The summed E-state index contributed by atoms with van der Waals surface area (Å²) >= 11 is 0. The van der Waals surface area contributed by atoms with Crippen molar-refractivity contribution in [2.45, 2.75) is 25.8 Å². The average molecular weight is 207 g/mol. The predicted molar refractivity (Wildman–Crippen MR) is 56.2 cm³/mol. The van der Waals surface area contributed by atoms with E-state index in [2.05, 4.69) is 0 Å². The minimum atomic E-state index is -0.801. The molecule has 0 saturated carbocycles. The number of ketones is 1. The molecule has 1 unspecified atom stereocenters. The van der Waals surface area contributed by atoms with Crippen LogP contribution >= 0.6 is 0 Å². The first-order valence-corrected chi connectivity index (χ1v) is 4.76. The lowest BCUT2D eigenvalue weighted by Crippen LogP contribution is -2.24. The zero-order valence-electron chi connectivity index (χ0n) is 8.55. The van der Waals surface area contributed by atoms with E-state index in [1.165, 1.54) is 6.92 Å². The average Bonchev–Trinajstić information content (AvgIpc) is 2.17. The maximum Gasteiger partial charge on any atom is 0.224 e. The second-order valence-corrected chi connectivity index (χ2v) is 3.54. The Morgan fingerprint density at radius 3 is 2.47 bits per heavy atom. The SMILES string of the molecule is CC(=O)CC(Cc1ccccc1)[N+](=O)[O-]. The Kier molecular flexibility index (Phi) is 3.97. The molecule has 1 aromatic carbocycles. The van der Waals surface area contributed by atoms with Gasteiger partial charge in [-0.05, 0) is 12.5 Å². The Hall–Kier alpha value is -1.71. The van der Waals surface area contributed by atoms with Gasteiger partial charge < -0.3 is 0 Å². The molecule has 1 aromatic rings. The highest BCUT2D eigenvalue weighted by Crippen LogP contribution is 2.08. The van der Waals surface area contributed by atoms with E-state index < -0.39 is 6.04 Å². The van der Waals surface area contributed by atoms with E-state index in [4.69, 9.17) is 0 Å². The number of nitro groups is 1. The van der Waals surface area contributed by atoms with Gasteiger partial charge >= 0.3 is 0 Å². The van der Waals surface area contributed by atoms with Crippen LogP contribution in [-0.2, 0) is 11.2 Å². The molecule has 0 amide bonds. The van der Waals surface area contributed by atoms with E-state index in [1.54, 1.807) is 0 Å². The summed E-state index contributed by atoms with van der Waals surface area (Å²) in [6.07, 6.45) is 0.315. The van der Waals surface area contributed by atoms with Gasteiger partial charge in [-0.15, -0.1) is 0 Å². The van der Waals surface area contributed by atoms with E-state index in [-0.39, 0.29) is 17.1 Å². The van der Waals surface area contributed by atoms with Gasteiger partial charge in [0.15, 0.2) is 0 Å². The van der Waals surface area contributed by atoms with Crippen molar-refractivity contribution in [3.63, 3.8) is 0 Å². The number of carbonyl (C=O) groups is 1. The molecule has 0 aliphatic heterocycles. The monoisotopic (exact) mass is 207 g/mol. The first-order valence-electron chi connectivity index (χ1n) is 4.76. The molecule has 0 N–H and O–H groups in total. The zero-order valence-corrected chi connectivity index (χ0v) is 8.55. The topological polar surface area (TPSA) is 60.2 Å². The lowest BCUT2D eigenvalue weighted by atomic mass is 10.0. The fraction of sp³-hybridized carbons (Fsp3) is 0.364. The van der Waals surface area contributed by atoms with Crippen molar-refractivity contribution in [2.24, 2.45) is 0 Å². The molecule has 0 fully saturated rings. The number of rotatable bonds is 5. The van der Waals surface area contributed by atoms with Crippen LogP contribution in [0.3, 0.4) is 0 Å². The van der Waals surface area contributed by atoms with E-state index in [0.29, 0.717) is 6.42 Å². The summed E-state index contributed by atoms with van der Waals surface area (Å²) in [7, 11) is 0. The number of hydrogen-bond donors (Lipinski definition) is 0. The van der Waals surface area contributed by atoms with E-state index in [9.17, 15) is 14.9 Å². The van der Waals surface area contributed by atoms with Crippen molar-refractivity contribution < 1.29 is 9.72 Å². The van der Waals surface area contributed by atoms with Crippen molar-refractivity contribution in [1.29, 1.82) is 0 Å². The van der Waals surface area contributed by atoms with Gasteiger partial charge in [-0.3, -0.25) is 14.9 Å². The largest absolute Gasteiger partial charge is 0.300 e. The van der Waals surface area contributed by atoms with Crippen LogP contribution in [0.5, 0.6) is 0 Å². The molecular weight excluding hydrogens is 194 g/mol. The summed E-state index contributed by atoms with van der Waals surface area (Å²) in [4.78, 5) is 21.2. The third-order valence-electron chi connectivity index (χ3n) is 2.14. The fourth-order valence-corrected chi connectivity index (χ4v) is 1.44. The molecule has 1 rings (SSSR count). The molecule has 0 spiro atoms. The third kappa shape index (κ3) is 3.89. The first kappa shape index (κ1) is 11.4. The van der Waals surface area contributed by atoms with E-state index >= 15 is 0 Å². The zero-order chi connectivity index (χ0) is 11.3. The van der Waals surface area contributed by atoms with Gasteiger partial charge in [-0.25, -0.2) is 0 Å². The van der Waals surface area contributed by atoms with Gasteiger partial charge in [-0.1, -0.05) is 30.3 Å². The van der Waals surface area contributed by atoms with Crippen LogP contribution in [0.4, 0.5) is 0 Å². The van der Waals surface area contributed by atoms with Crippen LogP contribution in [0, 0.1) is 10.1 Å². The van der Waals surface area contributed by atoms with Crippen LogP contribution in [0.25, 0.3) is 0 Å². The molecule has 0 aliphatic carbocycles. The molecule has 0 bridgehead atoms. The number of carbonyl (C=O) groups excluding carboxylic acids is 1. The lowest BCUT2D eigenvalue weighted by molar-refractivity contribution is -0.520. The highest BCUT2D eigenvalue weighted by atomic mass is 16.6. The molecule has 0 radical (unpaired) electrons. The Labute approximate surface area is 88.1 Å². The standard InChI is InChI=1S/C11H13NO3/c1-9(13)7-11(12(14)15)8-10-5-3-2-4-6-10/h2-6,11H,7-8H2,1H3. The second-order valence-electron chi connectivity index (χ2n) is 3.54. The van der Waals surface area contributed by atoms with Gasteiger partial charge in [0.25, 0.3) is 0 Å². The van der Waals surface area contributed by atoms with Crippen molar-refractivity contribution >= 4 is 5.78 Å². The van der Waals surface area contributed by atoms with E-state index in [1.807, 2.05) is 30.3 Å². The lowest BCUT2D eigenvalue weighted by Gasteiger charge is -2.07. The minimum absolute atomic E-state index is 0.00188. The van der Waals surface area contributed by atoms with Gasteiger partial charge in [-0.2, -0.15) is 0 Å². The quantitative estimate of drug-likeness (QED) is 0.546. The minimum Gasteiger partial charge on any atom is -0.300 e. The van der Waals surface area contributed by atoms with Gasteiger partial charge in [0.1, 0.15) is 5.78 Å². The number of nitrogens with zero attached hydrogens (tertiary/aromatic N) is 1. The van der Waals surface area contributed by atoms with Crippen molar-refractivity contribution in [3.8, 4) is 0 Å². The van der Waals surface area contributed by atoms with Crippen LogP contribution < -0.4 is 0 Å². The molecule has 0 saturated heterocycles. The first-order chi connectivity index (χ1) is 7.09. The normalized spacial score (nSPS) is 12.1. The molecule has 4 nitrogen and oxygen atoms in total. The maximum absolute atomic E-state index is 10.8. The summed E-state index contributed by atoms with van der Waals surface area (Å²) in [6, 6.07) is 8.38. The van der Waals surface area contributed by atoms with E-state index in [0.717, 1.165) is 5.56 Å². The smallest absolute Gasteiger partial charge is 0.224 e. The van der Waals surface area contributed by atoms with Crippen LogP contribution in [0.1, 0.15) is 18.9 Å². The van der Waals surface area contributed by atoms with Crippen LogP contribution in [0.2, 0.25) is 0 Å². The van der Waals surface area contributed by atoms with Crippen LogP contribution in [0.15, 0.2) is 30.3 Å². The Bertz CT molecular complexity index is 348. The Morgan fingerprint density at radius 1 is 1.40 bits per heavy atom. The summed E-state index contributed by atoms with van der Waals surface area (Å²) < 4.78 is 0. The highest BCUT2D eigenvalue weighted by molar-refractivity contribution is 5.75. The Morgan fingerprint density at radius 2 is 2.00 bits per heavy atom. The number of benzene rings is 1. The molecule has 15 heavy (non-hydrogen) atoms. The number of Topliss-reactive ketones (excluding diaryl/α,β-unsaturated/α-hetero) is 1. The Balaban J connectivity index is 2.67. The van der Waals surface area contributed by atoms with Gasteiger partial charge in [0.2, 0.25) is 6.04 Å². The van der Waals surface area contributed by atoms with Crippen molar-refractivity contribution in [2.75, 3.05) is 0 Å². The summed E-state index contributed by atoms with van der Waals surface area (Å²) in [5.41, 5.74) is 0.889. The fourth-order valence-electron chi connectivity index (χ4n) is 1.44. The molecule has 0 aliphatic rings. The molecular formula is C11H13NO3. The summed E-state index contributed by atoms with van der Waals surface area (Å²) in [5.74, 6) is -0.146. The molecule has 0 aromatic heterocycles. The van der Waals surface area contributed by atoms with Crippen molar-refractivity contribution in [1.82, 2.24) is 0 Å². The summed E-state index contributed by atoms with van der Waals surface area (Å²) in [5, 5.41) is 10.7. The maximum atomic E-state index is 10.8. The molecule has 4 heteroatoms. The van der Waals surface area contributed by atoms with Gasteiger partial charge in [0, 0.05) is 11.3 Å². The molecule has 80 valence electrons. The molecule has 0 heterocycles. The summed E-state index contributed by atoms with van der Waals surface area (Å²) in [6.45, 7) is 1.38. The molecule has 1 atom stereocenters. The predicted octanol–water partition coefficient (Wildman–Crippen LogP) is 1.85. The van der Waals surface area contributed by atoms with Crippen molar-refractivity contribution in [3.05, 3.63) is 46.0 Å². The highest BCUT2D eigenvalue weighted by Gasteiger charge is 2.22. The van der Waals surface area contributed by atoms with Crippen LogP contribution in [-0.4, -0.2) is 16.7 Å².